The maximum Gasteiger partial charge on any atom is 0.407 e. The number of H-pyrrole nitrogens is 1. The van der Waals surface area contributed by atoms with Crippen LogP contribution in [0.5, 0.6) is 5.75 Å². The van der Waals surface area contributed by atoms with E-state index in [0.29, 0.717) is 58.1 Å². The summed E-state index contributed by atoms with van der Waals surface area (Å²) in [5.74, 6) is 0.283. The number of aryl methyl sites for hydroxylation is 1. The quantitative estimate of drug-likeness (QED) is 0.427. The van der Waals surface area contributed by atoms with Crippen LogP contribution in [-0.2, 0) is 0 Å². The molecule has 1 aliphatic heterocycles. The molecule has 2 aromatic heterocycles. The molecule has 10 heteroatoms. The summed E-state index contributed by atoms with van der Waals surface area (Å²) in [7, 11) is 0. The van der Waals surface area contributed by atoms with Gasteiger partial charge in [0.05, 0.1) is 36.4 Å². The number of β-amino-alcohol motifs (C(OH)–C–C–N with tert-alkyl or cyclic N) is 1. The first-order chi connectivity index (χ1) is 16.8. The number of carbonyl (C=O) groups excluding carboxylic acids is 1. The van der Waals surface area contributed by atoms with Crippen LogP contribution in [0.15, 0.2) is 30.5 Å². The van der Waals surface area contributed by atoms with E-state index in [2.05, 4.69) is 15.3 Å². The molecule has 35 heavy (non-hydrogen) atoms. The van der Waals surface area contributed by atoms with Crippen molar-refractivity contribution in [3.63, 3.8) is 0 Å². The van der Waals surface area contributed by atoms with E-state index >= 15 is 0 Å². The minimum absolute atomic E-state index is 0.0707. The van der Waals surface area contributed by atoms with E-state index in [1.807, 2.05) is 0 Å². The van der Waals surface area contributed by atoms with Crippen molar-refractivity contribution in [3.05, 3.63) is 47.5 Å². The summed E-state index contributed by atoms with van der Waals surface area (Å²) in [4.78, 5) is 33.1. The number of fused-ring (bicyclic) bond motifs is 1. The lowest BCUT2D eigenvalue weighted by Crippen LogP contribution is -2.55. The van der Waals surface area contributed by atoms with Crippen LogP contribution in [0.1, 0.15) is 35.3 Å². The number of aliphatic hydroxyl groups is 1. The second-order valence-electron chi connectivity index (χ2n) is 9.27. The first-order valence-corrected chi connectivity index (χ1v) is 11.7. The smallest absolute Gasteiger partial charge is 0.407 e. The van der Waals surface area contributed by atoms with Gasteiger partial charge in [0.25, 0.3) is 5.91 Å². The highest BCUT2D eigenvalue weighted by Crippen LogP contribution is 2.38. The average Bonchev–Trinajstić information content (AvgIpc) is 3.59. The predicted molar refractivity (Wildman–Crippen MR) is 126 cm³/mol. The number of amides is 2. The highest BCUT2D eigenvalue weighted by Gasteiger charge is 2.32. The number of ether oxygens (including phenoxy) is 1. The van der Waals surface area contributed by atoms with Crippen molar-refractivity contribution >= 4 is 23.0 Å². The Kier molecular flexibility index (Phi) is 6.06. The molecule has 3 heterocycles. The van der Waals surface area contributed by atoms with Crippen LogP contribution in [-0.4, -0.2) is 68.9 Å². The highest BCUT2D eigenvalue weighted by atomic mass is 19.1. The summed E-state index contributed by atoms with van der Waals surface area (Å²) in [6.45, 7) is 2.47. The maximum absolute atomic E-state index is 14.2. The molecule has 2 aliphatic rings. The monoisotopic (exact) mass is 482 g/mol. The number of nitrogens with one attached hydrogen (secondary N) is 2. The van der Waals surface area contributed by atoms with Gasteiger partial charge < -0.3 is 30.2 Å². The van der Waals surface area contributed by atoms with Crippen LogP contribution >= 0.6 is 0 Å². The number of rotatable bonds is 6. The van der Waals surface area contributed by atoms with Crippen LogP contribution < -0.4 is 10.1 Å². The molecule has 5 rings (SSSR count). The van der Waals surface area contributed by atoms with Gasteiger partial charge >= 0.3 is 6.09 Å². The Labute approximate surface area is 200 Å². The lowest BCUT2D eigenvalue weighted by molar-refractivity contribution is 0.0392. The van der Waals surface area contributed by atoms with Crippen LogP contribution in [0, 0.1) is 18.7 Å². The minimum Gasteiger partial charge on any atom is -0.493 e. The summed E-state index contributed by atoms with van der Waals surface area (Å²) in [6, 6.07) is 5.57. The SMILES string of the molecule is Cc1[nH]c2c(-c3cc(F)ccc3OCC3CC3)ccnc2c1C(=O)N[C@@H]1CCN(C(=O)O)C[C@H]1O. The molecule has 2 atom stereocenters. The van der Waals surface area contributed by atoms with E-state index in [-0.39, 0.29) is 13.1 Å². The van der Waals surface area contributed by atoms with Crippen molar-refractivity contribution in [2.75, 3.05) is 19.7 Å². The Morgan fingerprint density at radius 3 is 2.77 bits per heavy atom. The van der Waals surface area contributed by atoms with Gasteiger partial charge in [0.15, 0.2) is 0 Å². The second kappa shape index (κ2) is 9.18. The molecular weight excluding hydrogens is 455 g/mol. The first-order valence-electron chi connectivity index (χ1n) is 11.7. The van der Waals surface area contributed by atoms with Crippen molar-refractivity contribution in [3.8, 4) is 16.9 Å². The Bertz CT molecular complexity index is 1290. The summed E-state index contributed by atoms with van der Waals surface area (Å²) in [5, 5.41) is 22.3. The summed E-state index contributed by atoms with van der Waals surface area (Å²) in [6.07, 6.45) is 2.01. The number of carbonyl (C=O) groups is 2. The van der Waals surface area contributed by atoms with Gasteiger partial charge in [-0.15, -0.1) is 0 Å². The van der Waals surface area contributed by atoms with Gasteiger partial charge in [-0.05, 0) is 56.4 Å². The average molecular weight is 483 g/mol. The number of aromatic nitrogens is 2. The van der Waals surface area contributed by atoms with E-state index in [1.54, 1.807) is 25.3 Å². The molecule has 1 saturated heterocycles. The molecule has 0 spiro atoms. The Morgan fingerprint density at radius 1 is 1.26 bits per heavy atom. The fraction of sp³-hybridized carbons (Fsp3) is 0.400. The van der Waals surface area contributed by atoms with Crippen LogP contribution in [0.3, 0.4) is 0 Å². The lowest BCUT2D eigenvalue weighted by Gasteiger charge is -2.34. The molecule has 1 aliphatic carbocycles. The zero-order valence-electron chi connectivity index (χ0n) is 19.3. The van der Waals surface area contributed by atoms with E-state index in [0.717, 1.165) is 17.7 Å². The Morgan fingerprint density at radius 2 is 2.06 bits per heavy atom. The first kappa shape index (κ1) is 23.1. The van der Waals surface area contributed by atoms with E-state index < -0.39 is 30.0 Å². The number of pyridine rings is 1. The van der Waals surface area contributed by atoms with Crippen molar-refractivity contribution in [1.82, 2.24) is 20.2 Å². The number of aromatic amines is 1. The number of aliphatic hydroxyl groups excluding tert-OH is 1. The van der Waals surface area contributed by atoms with Gasteiger partial charge in [0, 0.05) is 29.6 Å². The number of likely N-dealkylation sites (tertiary alicyclic amines) is 1. The van der Waals surface area contributed by atoms with Gasteiger partial charge in [-0.3, -0.25) is 9.78 Å². The Hall–Kier alpha value is -3.66. The zero-order valence-corrected chi connectivity index (χ0v) is 19.3. The molecule has 0 unspecified atom stereocenters. The molecule has 2 amide bonds. The van der Waals surface area contributed by atoms with E-state index in [4.69, 9.17) is 9.84 Å². The van der Waals surface area contributed by atoms with Gasteiger partial charge in [-0.2, -0.15) is 0 Å². The number of benzene rings is 1. The molecule has 0 radical (unpaired) electrons. The molecule has 3 aromatic rings. The molecule has 4 N–H and O–H groups in total. The van der Waals surface area contributed by atoms with Gasteiger partial charge in [0.2, 0.25) is 0 Å². The van der Waals surface area contributed by atoms with Gasteiger partial charge in [-0.1, -0.05) is 0 Å². The largest absolute Gasteiger partial charge is 0.493 e. The number of carboxylic acid groups (broad SMARTS) is 1. The van der Waals surface area contributed by atoms with E-state index in [9.17, 15) is 19.1 Å². The fourth-order valence-electron chi connectivity index (χ4n) is 4.55. The van der Waals surface area contributed by atoms with Crippen molar-refractivity contribution in [1.29, 1.82) is 0 Å². The molecular formula is C25H27FN4O5. The summed E-state index contributed by atoms with van der Waals surface area (Å²) in [5.41, 5.74) is 3.14. The number of hydrogen-bond donors (Lipinski definition) is 4. The summed E-state index contributed by atoms with van der Waals surface area (Å²) >= 11 is 0. The minimum atomic E-state index is -1.10. The third kappa shape index (κ3) is 4.66. The normalized spacial score (nSPS) is 20.1. The van der Waals surface area contributed by atoms with E-state index in [1.165, 1.54) is 12.1 Å². The third-order valence-corrected chi connectivity index (χ3v) is 6.67. The summed E-state index contributed by atoms with van der Waals surface area (Å²) < 4.78 is 20.2. The van der Waals surface area contributed by atoms with Crippen LogP contribution in [0.25, 0.3) is 22.2 Å². The number of nitrogens with zero attached hydrogens (tertiary/aromatic N) is 2. The predicted octanol–water partition coefficient (Wildman–Crippen LogP) is 3.31. The van der Waals surface area contributed by atoms with Crippen molar-refractivity contribution < 1.29 is 28.9 Å². The molecule has 1 aromatic carbocycles. The number of halogens is 1. The zero-order chi connectivity index (χ0) is 24.7. The highest BCUT2D eigenvalue weighted by molar-refractivity contribution is 6.09. The molecule has 9 nitrogen and oxygen atoms in total. The van der Waals surface area contributed by atoms with Gasteiger partial charge in [-0.25, -0.2) is 9.18 Å². The van der Waals surface area contributed by atoms with Crippen LogP contribution in [0.4, 0.5) is 9.18 Å². The number of piperidine rings is 1. The Balaban J connectivity index is 1.45. The topological polar surface area (TPSA) is 128 Å². The molecule has 0 bridgehead atoms. The van der Waals surface area contributed by atoms with Crippen molar-refractivity contribution in [2.24, 2.45) is 5.92 Å². The second-order valence-corrected chi connectivity index (χ2v) is 9.27. The number of hydrogen-bond acceptors (Lipinski definition) is 5. The van der Waals surface area contributed by atoms with Gasteiger partial charge in [0.1, 0.15) is 17.1 Å². The van der Waals surface area contributed by atoms with Crippen molar-refractivity contribution in [2.45, 2.75) is 38.3 Å². The molecule has 184 valence electrons. The molecule has 1 saturated carbocycles. The standard InChI is InChI=1S/C25H27FN4O5/c1-13-21(24(32)29-18-7-9-30(25(33)34)11-19(18)31)23-22(28-13)16(6-8-27-23)17-10-15(26)4-5-20(17)35-12-14-2-3-14/h4-6,8,10,14,18-19,28,31H,2-3,7,9,11-12H2,1H3,(H,29,32)(H,33,34)/t18-,19-/m1/s1. The lowest BCUT2D eigenvalue weighted by atomic mass is 10.0. The maximum atomic E-state index is 14.2. The van der Waals surface area contributed by atoms with Crippen LogP contribution in [0.2, 0.25) is 0 Å². The fourth-order valence-corrected chi connectivity index (χ4v) is 4.55. The third-order valence-electron chi connectivity index (χ3n) is 6.67. The molecule has 2 fully saturated rings.